The molecule has 0 spiro atoms. The van der Waals surface area contributed by atoms with Crippen LogP contribution in [0, 0.1) is 24.0 Å². The molecule has 0 atom stereocenters. The summed E-state index contributed by atoms with van der Waals surface area (Å²) in [6, 6.07) is 12.2. The SMILES string of the molecule is COC(=O)c1c(NC(=O)c2ccc([N+](=O)[O-])cc2)sc(C(=O)Nc2ccc(C)cc2)c1C. The normalized spacial score (nSPS) is 10.3. The molecule has 0 aliphatic carbocycles. The third-order valence-corrected chi connectivity index (χ3v) is 5.83. The van der Waals surface area contributed by atoms with Crippen LogP contribution < -0.4 is 10.6 Å². The van der Waals surface area contributed by atoms with Crippen LogP contribution in [0.5, 0.6) is 0 Å². The van der Waals surface area contributed by atoms with Gasteiger partial charge in [-0.05, 0) is 43.7 Å². The molecule has 0 radical (unpaired) electrons. The lowest BCUT2D eigenvalue weighted by Crippen LogP contribution is -2.14. The molecule has 9 nitrogen and oxygen atoms in total. The summed E-state index contributed by atoms with van der Waals surface area (Å²) in [4.78, 5) is 48.3. The molecule has 164 valence electrons. The molecule has 0 aliphatic heterocycles. The summed E-state index contributed by atoms with van der Waals surface area (Å²) in [5.41, 5.74) is 2.07. The Balaban J connectivity index is 1.90. The number of rotatable bonds is 6. The van der Waals surface area contributed by atoms with Crippen molar-refractivity contribution in [3.63, 3.8) is 0 Å². The molecule has 0 aliphatic rings. The second-order valence-corrected chi connectivity index (χ2v) is 7.85. The molecule has 1 aromatic heterocycles. The predicted octanol–water partition coefficient (Wildman–Crippen LogP) is 4.56. The lowest BCUT2D eigenvalue weighted by Gasteiger charge is -2.06. The highest BCUT2D eigenvalue weighted by Crippen LogP contribution is 2.34. The van der Waals surface area contributed by atoms with E-state index in [-0.39, 0.29) is 26.7 Å². The molecule has 32 heavy (non-hydrogen) atoms. The van der Waals surface area contributed by atoms with Gasteiger partial charge in [0.25, 0.3) is 17.5 Å². The highest BCUT2D eigenvalue weighted by Gasteiger charge is 2.26. The van der Waals surface area contributed by atoms with Gasteiger partial charge in [0, 0.05) is 23.4 Å². The summed E-state index contributed by atoms with van der Waals surface area (Å²) in [7, 11) is 1.20. The molecule has 2 aromatic carbocycles. The maximum absolute atomic E-state index is 12.8. The molecule has 0 saturated heterocycles. The lowest BCUT2D eigenvalue weighted by molar-refractivity contribution is -0.384. The van der Waals surface area contributed by atoms with Gasteiger partial charge in [-0.15, -0.1) is 11.3 Å². The molecule has 0 saturated carbocycles. The highest BCUT2D eigenvalue weighted by molar-refractivity contribution is 7.19. The number of carbonyl (C=O) groups excluding carboxylic acids is 3. The largest absolute Gasteiger partial charge is 0.465 e. The number of hydrogen-bond donors (Lipinski definition) is 2. The van der Waals surface area contributed by atoms with Crippen LogP contribution in [0.1, 0.15) is 41.5 Å². The fourth-order valence-electron chi connectivity index (χ4n) is 2.90. The molecule has 1 heterocycles. The van der Waals surface area contributed by atoms with Gasteiger partial charge < -0.3 is 15.4 Å². The number of esters is 1. The van der Waals surface area contributed by atoms with E-state index in [4.69, 9.17) is 4.74 Å². The van der Waals surface area contributed by atoms with Crippen LogP contribution in [0.2, 0.25) is 0 Å². The molecule has 0 unspecified atom stereocenters. The first-order valence-corrected chi connectivity index (χ1v) is 10.2. The van der Waals surface area contributed by atoms with Crippen LogP contribution >= 0.6 is 11.3 Å². The van der Waals surface area contributed by atoms with Crippen LogP contribution in [0.15, 0.2) is 48.5 Å². The Kier molecular flexibility index (Phi) is 6.64. The van der Waals surface area contributed by atoms with E-state index in [0.717, 1.165) is 16.9 Å². The second-order valence-electron chi connectivity index (χ2n) is 6.83. The van der Waals surface area contributed by atoms with Gasteiger partial charge in [0.2, 0.25) is 0 Å². The van der Waals surface area contributed by atoms with E-state index in [1.54, 1.807) is 19.1 Å². The number of non-ortho nitro benzene ring substituents is 1. The smallest absolute Gasteiger partial charge is 0.341 e. The average Bonchev–Trinajstić information content (AvgIpc) is 3.10. The minimum atomic E-state index is -0.702. The molecule has 2 N–H and O–H groups in total. The summed E-state index contributed by atoms with van der Waals surface area (Å²) in [6.45, 7) is 3.52. The highest BCUT2D eigenvalue weighted by atomic mass is 32.1. The zero-order valence-electron chi connectivity index (χ0n) is 17.4. The van der Waals surface area contributed by atoms with E-state index in [1.807, 2.05) is 19.1 Å². The number of methoxy groups -OCH3 is 1. The maximum Gasteiger partial charge on any atom is 0.341 e. The van der Waals surface area contributed by atoms with Gasteiger partial charge in [0.05, 0.1) is 22.5 Å². The third-order valence-electron chi connectivity index (χ3n) is 4.62. The van der Waals surface area contributed by atoms with Gasteiger partial charge in [-0.3, -0.25) is 19.7 Å². The minimum Gasteiger partial charge on any atom is -0.465 e. The van der Waals surface area contributed by atoms with E-state index in [0.29, 0.717) is 11.3 Å². The first-order valence-electron chi connectivity index (χ1n) is 9.36. The molecule has 3 aromatic rings. The van der Waals surface area contributed by atoms with Crippen molar-refractivity contribution in [3.8, 4) is 0 Å². The Bertz CT molecular complexity index is 1200. The Hall–Kier alpha value is -4.05. The van der Waals surface area contributed by atoms with Gasteiger partial charge in [-0.1, -0.05) is 17.7 Å². The monoisotopic (exact) mass is 453 g/mol. The van der Waals surface area contributed by atoms with E-state index < -0.39 is 22.7 Å². The third kappa shape index (κ3) is 4.81. The van der Waals surface area contributed by atoms with Gasteiger partial charge >= 0.3 is 5.97 Å². The molecule has 0 bridgehead atoms. The van der Waals surface area contributed by atoms with E-state index >= 15 is 0 Å². The number of benzene rings is 2. The van der Waals surface area contributed by atoms with Gasteiger partial charge in [-0.25, -0.2) is 4.79 Å². The van der Waals surface area contributed by atoms with Crippen molar-refractivity contribution in [2.45, 2.75) is 13.8 Å². The first kappa shape index (κ1) is 22.6. The van der Waals surface area contributed by atoms with E-state index in [1.165, 1.54) is 31.4 Å². The predicted molar refractivity (Wildman–Crippen MR) is 121 cm³/mol. The number of aryl methyl sites for hydroxylation is 1. The fourth-order valence-corrected chi connectivity index (χ4v) is 3.99. The first-order chi connectivity index (χ1) is 15.2. The number of nitro groups is 1. The number of nitrogens with one attached hydrogen (secondary N) is 2. The summed E-state index contributed by atoms with van der Waals surface area (Å²) < 4.78 is 4.82. The quantitative estimate of drug-likeness (QED) is 0.320. The van der Waals surface area contributed by atoms with Gasteiger partial charge in [0.1, 0.15) is 5.00 Å². The Morgan fingerprint density at radius 1 is 0.938 bits per heavy atom. The molecular formula is C22H19N3O6S. The number of carbonyl (C=O) groups is 3. The summed E-state index contributed by atoms with van der Waals surface area (Å²) >= 11 is 0.938. The van der Waals surface area contributed by atoms with Gasteiger partial charge in [-0.2, -0.15) is 0 Å². The van der Waals surface area contributed by atoms with Crippen LogP contribution in [0.3, 0.4) is 0 Å². The number of thiophene rings is 1. The molecule has 2 amide bonds. The Morgan fingerprint density at radius 3 is 2.12 bits per heavy atom. The van der Waals surface area contributed by atoms with Crippen molar-refractivity contribution >= 4 is 45.5 Å². The van der Waals surface area contributed by atoms with Crippen molar-refractivity contribution in [3.05, 3.63) is 85.8 Å². The molecule has 10 heteroatoms. The van der Waals surface area contributed by atoms with Crippen LogP contribution in [0.25, 0.3) is 0 Å². The Labute approximate surface area is 187 Å². The second kappa shape index (κ2) is 9.40. The number of amides is 2. The van der Waals surface area contributed by atoms with Crippen molar-refractivity contribution in [2.24, 2.45) is 0 Å². The summed E-state index contributed by atoms with van der Waals surface area (Å²) in [6.07, 6.45) is 0. The lowest BCUT2D eigenvalue weighted by atomic mass is 10.1. The summed E-state index contributed by atoms with van der Waals surface area (Å²) in [5, 5.41) is 16.3. The Morgan fingerprint density at radius 2 is 1.56 bits per heavy atom. The number of hydrogen-bond acceptors (Lipinski definition) is 7. The molecular weight excluding hydrogens is 434 g/mol. The standard InChI is InChI=1S/C22H19N3O6S/c1-12-4-8-15(9-5-12)23-20(27)18-13(2)17(22(28)31-3)21(32-18)24-19(26)14-6-10-16(11-7-14)25(29)30/h4-11H,1-3H3,(H,23,27)(H,24,26). The molecule has 0 fully saturated rings. The molecule has 3 rings (SSSR count). The number of nitrogens with zero attached hydrogens (tertiary/aromatic N) is 1. The van der Waals surface area contributed by atoms with E-state index in [2.05, 4.69) is 10.6 Å². The van der Waals surface area contributed by atoms with Crippen molar-refractivity contribution in [2.75, 3.05) is 17.7 Å². The zero-order valence-corrected chi connectivity index (χ0v) is 18.2. The zero-order chi connectivity index (χ0) is 23.4. The van der Waals surface area contributed by atoms with Gasteiger partial charge in [0.15, 0.2) is 0 Å². The average molecular weight is 453 g/mol. The number of ether oxygens (including phenoxy) is 1. The topological polar surface area (TPSA) is 128 Å². The van der Waals surface area contributed by atoms with Crippen molar-refractivity contribution in [1.29, 1.82) is 0 Å². The van der Waals surface area contributed by atoms with Crippen molar-refractivity contribution in [1.82, 2.24) is 0 Å². The van der Waals surface area contributed by atoms with Crippen molar-refractivity contribution < 1.29 is 24.0 Å². The summed E-state index contributed by atoms with van der Waals surface area (Å²) in [5.74, 6) is -1.72. The number of anilines is 2. The number of nitro benzene ring substituents is 1. The van der Waals surface area contributed by atoms with Crippen LogP contribution in [-0.4, -0.2) is 29.8 Å². The fraction of sp³-hybridized carbons (Fsp3) is 0.136. The van der Waals surface area contributed by atoms with Crippen LogP contribution in [-0.2, 0) is 4.74 Å². The minimum absolute atomic E-state index is 0.0711. The van der Waals surface area contributed by atoms with E-state index in [9.17, 15) is 24.5 Å². The maximum atomic E-state index is 12.8. The van der Waals surface area contributed by atoms with Crippen LogP contribution in [0.4, 0.5) is 16.4 Å².